The summed E-state index contributed by atoms with van der Waals surface area (Å²) in [6, 6.07) is 15.4. The van der Waals surface area contributed by atoms with Gasteiger partial charge >= 0.3 is 17.9 Å². The Labute approximate surface area is 199 Å². The van der Waals surface area contributed by atoms with Crippen LogP contribution in [0.3, 0.4) is 0 Å². The van der Waals surface area contributed by atoms with E-state index in [9.17, 15) is 19.2 Å². The van der Waals surface area contributed by atoms with Gasteiger partial charge in [-0.15, -0.1) is 11.3 Å². The molecule has 0 radical (unpaired) electrons. The number of rotatable bonds is 8. The minimum Gasteiger partial charge on any atom is -0.465 e. The highest BCUT2D eigenvalue weighted by molar-refractivity contribution is 7.18. The number of hydrogen-bond donors (Lipinski definition) is 1. The Hall–Kier alpha value is -4.18. The molecule has 1 amide bonds. The van der Waals surface area contributed by atoms with Gasteiger partial charge in [-0.2, -0.15) is 0 Å². The van der Waals surface area contributed by atoms with Crippen LogP contribution in [-0.4, -0.2) is 44.6 Å². The van der Waals surface area contributed by atoms with Gasteiger partial charge in [0.2, 0.25) is 0 Å². The number of methoxy groups -OCH3 is 2. The summed E-state index contributed by atoms with van der Waals surface area (Å²) in [6.45, 7) is 0.901. The summed E-state index contributed by atoms with van der Waals surface area (Å²) in [5.41, 5.74) is 0.464. The van der Waals surface area contributed by atoms with Crippen molar-refractivity contribution in [3.05, 3.63) is 76.2 Å². The monoisotopic (exact) mass is 483 g/mol. The standard InChI is InChI=1S/C24H21NO8S/c1-14-19(23(28)30-2)21(34-20(14)24(29)31-3)25-18(26)13-32-22(27)16-11-7-8-12-17(16)33-15-9-5-4-6-10-15/h4-12H,13H2,1-3H3,(H,25,26). The molecule has 0 unspecified atom stereocenters. The molecule has 0 aliphatic rings. The Morgan fingerprint density at radius 2 is 1.50 bits per heavy atom. The van der Waals surface area contributed by atoms with Crippen LogP contribution in [0.4, 0.5) is 5.00 Å². The second-order valence-corrected chi connectivity index (χ2v) is 7.80. The van der Waals surface area contributed by atoms with E-state index in [1.165, 1.54) is 27.2 Å². The first kappa shape index (κ1) is 24.5. The predicted octanol–water partition coefficient (Wildman–Crippen LogP) is 4.22. The van der Waals surface area contributed by atoms with Crippen molar-refractivity contribution in [2.24, 2.45) is 0 Å². The molecule has 3 rings (SSSR count). The van der Waals surface area contributed by atoms with Crippen LogP contribution in [0.1, 0.15) is 36.0 Å². The molecule has 0 fully saturated rings. The van der Waals surface area contributed by atoms with E-state index in [-0.39, 0.29) is 26.8 Å². The number of amides is 1. The average Bonchev–Trinajstić information content (AvgIpc) is 3.17. The van der Waals surface area contributed by atoms with Crippen LogP contribution >= 0.6 is 11.3 Å². The summed E-state index contributed by atoms with van der Waals surface area (Å²) < 4.78 is 20.3. The van der Waals surface area contributed by atoms with Crippen LogP contribution in [0.5, 0.6) is 11.5 Å². The van der Waals surface area contributed by atoms with E-state index in [0.29, 0.717) is 11.3 Å². The Morgan fingerprint density at radius 1 is 0.853 bits per heavy atom. The van der Waals surface area contributed by atoms with Gasteiger partial charge in [0.15, 0.2) is 6.61 Å². The average molecular weight is 483 g/mol. The first-order valence-corrected chi connectivity index (χ1v) is 10.8. The van der Waals surface area contributed by atoms with E-state index in [1.807, 2.05) is 6.07 Å². The van der Waals surface area contributed by atoms with Gasteiger partial charge in [-0.3, -0.25) is 4.79 Å². The highest BCUT2D eigenvalue weighted by Crippen LogP contribution is 2.34. The van der Waals surface area contributed by atoms with E-state index in [2.05, 4.69) is 5.32 Å². The summed E-state index contributed by atoms with van der Waals surface area (Å²) in [5, 5.41) is 2.57. The van der Waals surface area contributed by atoms with E-state index in [4.69, 9.17) is 18.9 Å². The van der Waals surface area contributed by atoms with Gasteiger partial charge in [0, 0.05) is 0 Å². The van der Waals surface area contributed by atoms with Gasteiger partial charge in [-0.25, -0.2) is 14.4 Å². The van der Waals surface area contributed by atoms with Crippen molar-refractivity contribution in [3.63, 3.8) is 0 Å². The molecule has 0 saturated heterocycles. The van der Waals surface area contributed by atoms with Crippen molar-refractivity contribution in [1.82, 2.24) is 0 Å². The number of ether oxygens (including phenoxy) is 4. The Kier molecular flexibility index (Phi) is 7.99. The normalized spacial score (nSPS) is 10.2. The lowest BCUT2D eigenvalue weighted by molar-refractivity contribution is -0.119. The van der Waals surface area contributed by atoms with Crippen molar-refractivity contribution in [2.45, 2.75) is 6.92 Å². The molecule has 0 bridgehead atoms. The summed E-state index contributed by atoms with van der Waals surface area (Å²) in [7, 11) is 2.38. The summed E-state index contributed by atoms with van der Waals surface area (Å²) in [4.78, 5) is 49.4. The third kappa shape index (κ3) is 5.59. The highest BCUT2D eigenvalue weighted by atomic mass is 32.1. The lowest BCUT2D eigenvalue weighted by Crippen LogP contribution is -2.21. The molecule has 1 N–H and O–H groups in total. The van der Waals surface area contributed by atoms with E-state index in [0.717, 1.165) is 11.3 Å². The second kappa shape index (κ2) is 11.1. The number of anilines is 1. The number of carbonyl (C=O) groups excluding carboxylic acids is 4. The topological polar surface area (TPSA) is 117 Å². The first-order chi connectivity index (χ1) is 16.3. The summed E-state index contributed by atoms with van der Waals surface area (Å²) in [5.74, 6) is -2.07. The van der Waals surface area contributed by atoms with Gasteiger partial charge < -0.3 is 24.3 Å². The van der Waals surface area contributed by atoms with Gasteiger partial charge in [0.1, 0.15) is 26.9 Å². The SMILES string of the molecule is COC(=O)c1sc(NC(=O)COC(=O)c2ccccc2Oc2ccccc2)c(C(=O)OC)c1C. The summed E-state index contributed by atoms with van der Waals surface area (Å²) in [6.07, 6.45) is 0. The molecule has 2 aromatic carbocycles. The first-order valence-electron chi connectivity index (χ1n) is 9.94. The maximum Gasteiger partial charge on any atom is 0.348 e. The van der Waals surface area contributed by atoms with Crippen LogP contribution in [-0.2, 0) is 19.0 Å². The smallest absolute Gasteiger partial charge is 0.348 e. The fraction of sp³-hybridized carbons (Fsp3) is 0.167. The molecule has 0 aliphatic heterocycles. The van der Waals surface area contributed by atoms with E-state index >= 15 is 0 Å². The number of benzene rings is 2. The molecule has 34 heavy (non-hydrogen) atoms. The Balaban J connectivity index is 1.71. The predicted molar refractivity (Wildman–Crippen MR) is 124 cm³/mol. The van der Waals surface area contributed by atoms with Crippen molar-refractivity contribution in [3.8, 4) is 11.5 Å². The van der Waals surface area contributed by atoms with Crippen LogP contribution in [0.15, 0.2) is 54.6 Å². The molecule has 1 heterocycles. The minimum absolute atomic E-state index is 0.0224. The second-order valence-electron chi connectivity index (χ2n) is 6.78. The van der Waals surface area contributed by atoms with Gasteiger partial charge in [-0.05, 0) is 36.8 Å². The van der Waals surface area contributed by atoms with Gasteiger partial charge in [0.25, 0.3) is 5.91 Å². The molecular formula is C24H21NO8S. The quantitative estimate of drug-likeness (QED) is 0.374. The fourth-order valence-corrected chi connectivity index (χ4v) is 4.08. The molecule has 0 atom stereocenters. The maximum atomic E-state index is 12.6. The van der Waals surface area contributed by atoms with Crippen LogP contribution < -0.4 is 10.1 Å². The zero-order valence-electron chi connectivity index (χ0n) is 18.6. The highest BCUT2D eigenvalue weighted by Gasteiger charge is 2.27. The molecule has 9 nitrogen and oxygen atoms in total. The van der Waals surface area contributed by atoms with Crippen LogP contribution in [0.2, 0.25) is 0 Å². The van der Waals surface area contributed by atoms with Crippen molar-refractivity contribution in [2.75, 3.05) is 26.1 Å². The largest absolute Gasteiger partial charge is 0.465 e. The minimum atomic E-state index is -0.771. The third-order valence-corrected chi connectivity index (χ3v) is 5.76. The Morgan fingerprint density at radius 3 is 2.18 bits per heavy atom. The van der Waals surface area contributed by atoms with Crippen LogP contribution in [0.25, 0.3) is 0 Å². The number of thiophene rings is 1. The van der Waals surface area contributed by atoms with Gasteiger partial charge in [0.05, 0.1) is 19.8 Å². The molecular weight excluding hydrogens is 462 g/mol. The maximum absolute atomic E-state index is 12.6. The molecule has 0 saturated carbocycles. The molecule has 0 aliphatic carbocycles. The molecule has 0 spiro atoms. The zero-order chi connectivity index (χ0) is 24.7. The molecule has 176 valence electrons. The van der Waals surface area contributed by atoms with Gasteiger partial charge in [-0.1, -0.05) is 30.3 Å². The van der Waals surface area contributed by atoms with Crippen molar-refractivity contribution < 1.29 is 38.1 Å². The van der Waals surface area contributed by atoms with Crippen LogP contribution in [0, 0.1) is 6.92 Å². The van der Waals surface area contributed by atoms with E-state index in [1.54, 1.807) is 42.5 Å². The lowest BCUT2D eigenvalue weighted by atomic mass is 10.1. The zero-order valence-corrected chi connectivity index (χ0v) is 19.4. The third-order valence-electron chi connectivity index (χ3n) is 4.57. The number of carbonyl (C=O) groups is 4. The molecule has 1 aromatic heterocycles. The fourth-order valence-electron chi connectivity index (χ4n) is 2.95. The van der Waals surface area contributed by atoms with Crippen molar-refractivity contribution in [1.29, 1.82) is 0 Å². The lowest BCUT2D eigenvalue weighted by Gasteiger charge is -2.11. The molecule has 10 heteroatoms. The van der Waals surface area contributed by atoms with Crippen molar-refractivity contribution >= 4 is 40.2 Å². The number of para-hydroxylation sites is 2. The van der Waals surface area contributed by atoms with E-state index < -0.39 is 30.4 Å². The Bertz CT molecular complexity index is 1220. The number of hydrogen-bond acceptors (Lipinski definition) is 9. The number of nitrogens with one attached hydrogen (secondary N) is 1. The summed E-state index contributed by atoms with van der Waals surface area (Å²) >= 11 is 0.857. The number of esters is 3. The molecule has 3 aromatic rings.